The number of hydrogen-bond donors (Lipinski definition) is 0. The van der Waals surface area contributed by atoms with E-state index in [4.69, 9.17) is 27.0 Å². The SMILES string of the molecule is COc1cc(OC)c(O[Si](CCOS(=O)(=O)OC)(CCOS(=O)(=O)OC)c2cccc(C(F)(F)F)c2)c(OC)c1. The van der Waals surface area contributed by atoms with Crippen molar-refractivity contribution in [3.63, 3.8) is 0 Å². The van der Waals surface area contributed by atoms with Crippen LogP contribution in [0.1, 0.15) is 5.56 Å². The van der Waals surface area contributed by atoms with E-state index in [1.807, 2.05) is 0 Å². The smallest absolute Gasteiger partial charge is 0.416 e. The van der Waals surface area contributed by atoms with E-state index < -0.39 is 54.1 Å². The van der Waals surface area contributed by atoms with Gasteiger partial charge in [-0.2, -0.15) is 30.0 Å². The number of methoxy groups -OCH3 is 3. The minimum absolute atomic E-state index is 0.0130. The Balaban J connectivity index is 2.77. The predicted molar refractivity (Wildman–Crippen MR) is 137 cm³/mol. The molecule has 0 aliphatic heterocycles. The van der Waals surface area contributed by atoms with E-state index in [9.17, 15) is 30.0 Å². The second kappa shape index (κ2) is 13.8. The van der Waals surface area contributed by atoms with Crippen molar-refractivity contribution in [2.75, 3.05) is 48.8 Å². The zero-order valence-corrected chi connectivity index (χ0v) is 24.8. The molecule has 0 aromatic heterocycles. The van der Waals surface area contributed by atoms with Crippen LogP contribution in [0, 0.1) is 0 Å². The Bertz CT molecular complexity index is 1290. The molecular weight excluding hydrogens is 605 g/mol. The van der Waals surface area contributed by atoms with Crippen molar-refractivity contribution in [2.24, 2.45) is 0 Å². The molecule has 0 aliphatic carbocycles. The molecule has 2 aromatic carbocycles. The molecule has 0 atom stereocenters. The highest BCUT2D eigenvalue weighted by Gasteiger charge is 2.43. The lowest BCUT2D eigenvalue weighted by Gasteiger charge is -2.34. The minimum atomic E-state index is -4.74. The second-order valence-electron chi connectivity index (χ2n) is 7.83. The van der Waals surface area contributed by atoms with E-state index in [1.165, 1.54) is 39.5 Å². The second-order valence-corrected chi connectivity index (χ2v) is 14.4. The van der Waals surface area contributed by atoms with Crippen molar-refractivity contribution in [3.8, 4) is 23.0 Å². The summed E-state index contributed by atoms with van der Waals surface area (Å²) in [5.41, 5.74) is -1.02. The summed E-state index contributed by atoms with van der Waals surface area (Å²) in [6.07, 6.45) is -4.74. The van der Waals surface area contributed by atoms with Crippen molar-refractivity contribution in [2.45, 2.75) is 18.3 Å². The van der Waals surface area contributed by atoms with E-state index >= 15 is 0 Å². The average Bonchev–Trinajstić information content (AvgIpc) is 2.92. The standard InChI is InChI=1S/C22H29F3O12S2Si/c1-30-17-14-19(31-2)21(20(15-17)32-3)37-40(11-9-35-38(26,27)33-4,12-10-36-39(28,29)34-5)18-8-6-7-16(13-18)22(23,24)25/h6-8,13-15H,9-12H2,1-5H3. The molecule has 0 heterocycles. The summed E-state index contributed by atoms with van der Waals surface area (Å²) >= 11 is 0. The first-order chi connectivity index (χ1) is 18.7. The molecule has 2 rings (SSSR count). The first-order valence-corrected chi connectivity index (χ1v) is 16.2. The molecule has 12 nitrogen and oxygen atoms in total. The van der Waals surface area contributed by atoms with E-state index in [0.717, 1.165) is 32.4 Å². The van der Waals surface area contributed by atoms with Gasteiger partial charge in [-0.15, -0.1) is 0 Å². The van der Waals surface area contributed by atoms with Gasteiger partial charge >= 0.3 is 27.0 Å². The molecule has 0 fully saturated rings. The van der Waals surface area contributed by atoms with Crippen molar-refractivity contribution in [3.05, 3.63) is 42.0 Å². The summed E-state index contributed by atoms with van der Waals surface area (Å²) < 4.78 is 129. The number of ether oxygens (including phenoxy) is 3. The van der Waals surface area contributed by atoms with Gasteiger partial charge in [-0.25, -0.2) is 8.37 Å². The monoisotopic (exact) mass is 634 g/mol. The van der Waals surface area contributed by atoms with E-state index in [0.29, 0.717) is 5.75 Å². The molecule has 0 aliphatic rings. The summed E-state index contributed by atoms with van der Waals surface area (Å²) in [6.45, 7) is -1.20. The Hall–Kier alpha value is -2.61. The zero-order chi connectivity index (χ0) is 30.2. The Labute approximate surface area is 231 Å². The zero-order valence-electron chi connectivity index (χ0n) is 22.1. The lowest BCUT2D eigenvalue weighted by atomic mass is 10.2. The fourth-order valence-corrected chi connectivity index (χ4v) is 8.02. The van der Waals surface area contributed by atoms with Crippen LogP contribution in [0.25, 0.3) is 0 Å². The molecule has 0 radical (unpaired) electrons. The Kier molecular flexibility index (Phi) is 11.6. The largest absolute Gasteiger partial charge is 0.534 e. The highest BCUT2D eigenvalue weighted by Crippen LogP contribution is 2.43. The molecule has 0 spiro atoms. The van der Waals surface area contributed by atoms with Crippen LogP contribution in [0.2, 0.25) is 12.1 Å². The first-order valence-electron chi connectivity index (χ1n) is 11.2. The number of rotatable bonds is 16. The van der Waals surface area contributed by atoms with Gasteiger partial charge < -0.3 is 18.6 Å². The minimum Gasteiger partial charge on any atom is -0.534 e. The fraction of sp³-hybridized carbons (Fsp3) is 0.455. The third-order valence-corrected chi connectivity index (χ3v) is 11.3. The van der Waals surface area contributed by atoms with Gasteiger partial charge in [-0.05, 0) is 11.3 Å². The predicted octanol–water partition coefficient (Wildman–Crippen LogP) is 2.78. The quantitative estimate of drug-likeness (QED) is 0.251. The molecule has 0 unspecified atom stereocenters. The van der Waals surface area contributed by atoms with Crippen molar-refractivity contribution in [1.82, 2.24) is 0 Å². The van der Waals surface area contributed by atoms with Crippen LogP contribution in [0.5, 0.6) is 23.0 Å². The summed E-state index contributed by atoms with van der Waals surface area (Å²) in [4.78, 5) is 0. The van der Waals surface area contributed by atoms with E-state index in [-0.39, 0.29) is 34.5 Å². The first kappa shape index (κ1) is 33.6. The molecule has 0 N–H and O–H groups in total. The van der Waals surface area contributed by atoms with Crippen molar-refractivity contribution >= 4 is 34.3 Å². The van der Waals surface area contributed by atoms with Gasteiger partial charge in [0.05, 0.1) is 54.3 Å². The van der Waals surface area contributed by atoms with Gasteiger partial charge in [0, 0.05) is 24.2 Å². The number of alkyl halides is 3. The molecule has 0 amide bonds. The highest BCUT2D eigenvalue weighted by molar-refractivity contribution is 7.82. The van der Waals surface area contributed by atoms with Gasteiger partial charge in [0.1, 0.15) is 5.75 Å². The number of benzene rings is 2. The molecule has 0 saturated heterocycles. The third kappa shape index (κ3) is 8.95. The Morgan fingerprint density at radius 1 is 0.750 bits per heavy atom. The maximum Gasteiger partial charge on any atom is 0.416 e. The summed E-state index contributed by atoms with van der Waals surface area (Å²) in [5, 5.41) is 0.0130. The van der Waals surface area contributed by atoms with Crippen LogP contribution in [-0.2, 0) is 43.7 Å². The van der Waals surface area contributed by atoms with Crippen LogP contribution < -0.4 is 23.8 Å². The molecule has 2 aromatic rings. The van der Waals surface area contributed by atoms with E-state index in [1.54, 1.807) is 0 Å². The van der Waals surface area contributed by atoms with Crippen LogP contribution in [0.15, 0.2) is 36.4 Å². The Morgan fingerprint density at radius 2 is 1.25 bits per heavy atom. The topological polar surface area (TPSA) is 142 Å². The lowest BCUT2D eigenvalue weighted by Crippen LogP contribution is -2.55. The van der Waals surface area contributed by atoms with Crippen LogP contribution in [0.4, 0.5) is 13.2 Å². The average molecular weight is 635 g/mol. The van der Waals surface area contributed by atoms with Crippen molar-refractivity contribution in [1.29, 1.82) is 0 Å². The molecule has 18 heteroatoms. The molecule has 40 heavy (non-hydrogen) atoms. The van der Waals surface area contributed by atoms with Gasteiger partial charge in [0.25, 0.3) is 8.32 Å². The van der Waals surface area contributed by atoms with Gasteiger partial charge in [0.15, 0.2) is 17.2 Å². The molecule has 226 valence electrons. The number of halogens is 3. The lowest BCUT2D eigenvalue weighted by molar-refractivity contribution is -0.137. The number of hydrogen-bond acceptors (Lipinski definition) is 12. The third-order valence-electron chi connectivity index (χ3n) is 5.56. The summed E-state index contributed by atoms with van der Waals surface area (Å²) in [6, 6.07) is 6.41. The fourth-order valence-electron chi connectivity index (χ4n) is 3.54. The summed E-state index contributed by atoms with van der Waals surface area (Å²) in [5.74, 6) is 0.377. The van der Waals surface area contributed by atoms with E-state index in [2.05, 4.69) is 8.37 Å². The normalized spacial score (nSPS) is 12.7. The molecule has 0 bridgehead atoms. The Morgan fingerprint density at radius 3 is 1.65 bits per heavy atom. The maximum atomic E-state index is 13.7. The van der Waals surface area contributed by atoms with Gasteiger partial charge in [-0.3, -0.25) is 8.37 Å². The summed E-state index contributed by atoms with van der Waals surface area (Å²) in [7, 11) is -7.12. The van der Waals surface area contributed by atoms with Crippen molar-refractivity contribution < 1.29 is 65.4 Å². The molecule has 0 saturated carbocycles. The van der Waals surface area contributed by atoms with Gasteiger partial charge in [-0.1, -0.05) is 18.2 Å². The maximum absolute atomic E-state index is 13.7. The van der Waals surface area contributed by atoms with Gasteiger partial charge in [0.2, 0.25) is 0 Å². The van der Waals surface area contributed by atoms with Crippen LogP contribution in [-0.4, -0.2) is 73.9 Å². The van der Waals surface area contributed by atoms with Crippen LogP contribution in [0.3, 0.4) is 0 Å². The highest BCUT2D eigenvalue weighted by atomic mass is 32.3. The van der Waals surface area contributed by atoms with Crippen LogP contribution >= 0.6 is 0 Å². The molecular formula is C22H29F3O12S2Si.